The molecule has 0 unspecified atom stereocenters. The number of esters is 1. The van der Waals surface area contributed by atoms with Crippen molar-refractivity contribution in [3.63, 3.8) is 0 Å². The van der Waals surface area contributed by atoms with Gasteiger partial charge in [0.1, 0.15) is 22.0 Å². The van der Waals surface area contributed by atoms with E-state index >= 15 is 0 Å². The van der Waals surface area contributed by atoms with Crippen LogP contribution in [0.4, 0.5) is 5.00 Å². The van der Waals surface area contributed by atoms with Gasteiger partial charge in [-0.2, -0.15) is 0 Å². The number of carbonyl (C=O) groups is 2. The number of hydrogen-bond donors (Lipinski definition) is 1. The highest BCUT2D eigenvalue weighted by Crippen LogP contribution is 2.45. The Morgan fingerprint density at radius 1 is 1.21 bits per heavy atom. The van der Waals surface area contributed by atoms with E-state index in [1.807, 2.05) is 0 Å². The van der Waals surface area contributed by atoms with Gasteiger partial charge in [-0.3, -0.25) is 4.79 Å². The van der Waals surface area contributed by atoms with Gasteiger partial charge in [0.2, 0.25) is 0 Å². The summed E-state index contributed by atoms with van der Waals surface area (Å²) in [6, 6.07) is 5.05. The number of hydrogen-bond acceptors (Lipinski definition) is 6. The first-order valence-electron chi connectivity index (χ1n) is 11.0. The topological polar surface area (TPSA) is 81.4 Å². The van der Waals surface area contributed by atoms with E-state index in [0.29, 0.717) is 37.9 Å². The normalized spacial score (nSPS) is 15.7. The minimum Gasteiger partial charge on any atom is -0.465 e. The second-order valence-corrected chi connectivity index (χ2v) is 11.4. The second kappa shape index (κ2) is 9.36. The fourth-order valence-electron chi connectivity index (χ4n) is 4.43. The van der Waals surface area contributed by atoms with E-state index in [1.165, 1.54) is 18.4 Å². The van der Waals surface area contributed by atoms with Crippen LogP contribution in [0, 0.1) is 18.3 Å². The highest BCUT2D eigenvalue weighted by Gasteiger charge is 2.35. The molecule has 1 aliphatic rings. The summed E-state index contributed by atoms with van der Waals surface area (Å²) < 4.78 is 10.4. The van der Waals surface area contributed by atoms with Crippen molar-refractivity contribution in [2.45, 2.75) is 47.0 Å². The minimum atomic E-state index is -0.460. The predicted molar refractivity (Wildman–Crippen MR) is 135 cm³/mol. The van der Waals surface area contributed by atoms with Gasteiger partial charge in [0.25, 0.3) is 5.91 Å². The smallest absolute Gasteiger partial charge is 0.341 e. The van der Waals surface area contributed by atoms with Crippen molar-refractivity contribution >= 4 is 51.4 Å². The van der Waals surface area contributed by atoms with Crippen molar-refractivity contribution in [3.8, 4) is 11.3 Å². The number of anilines is 1. The number of amides is 1. The molecule has 3 aromatic rings. The quantitative estimate of drug-likeness (QED) is 0.367. The van der Waals surface area contributed by atoms with Crippen molar-refractivity contribution in [2.75, 3.05) is 12.4 Å². The van der Waals surface area contributed by atoms with E-state index in [9.17, 15) is 9.59 Å². The molecule has 2 aromatic heterocycles. The average Bonchev–Trinajstić information content (AvgIpc) is 3.32. The number of benzene rings is 1. The Kier molecular flexibility index (Phi) is 6.82. The number of nitrogens with one attached hydrogen (secondary N) is 1. The van der Waals surface area contributed by atoms with Gasteiger partial charge >= 0.3 is 5.97 Å². The largest absolute Gasteiger partial charge is 0.465 e. The van der Waals surface area contributed by atoms with Gasteiger partial charge in [-0.1, -0.05) is 55.2 Å². The van der Waals surface area contributed by atoms with E-state index in [-0.39, 0.29) is 16.7 Å². The lowest BCUT2D eigenvalue weighted by Gasteiger charge is -2.33. The summed E-state index contributed by atoms with van der Waals surface area (Å²) in [5.74, 6) is -0.113. The number of aromatic nitrogens is 1. The van der Waals surface area contributed by atoms with Crippen LogP contribution in [0.25, 0.3) is 11.3 Å². The monoisotopic (exact) mass is 520 g/mol. The molecule has 1 aliphatic carbocycles. The molecule has 0 aliphatic heterocycles. The van der Waals surface area contributed by atoms with Crippen molar-refractivity contribution in [3.05, 3.63) is 55.6 Å². The zero-order valence-electron chi connectivity index (χ0n) is 19.7. The van der Waals surface area contributed by atoms with Gasteiger partial charge in [-0.25, -0.2) is 4.79 Å². The molecule has 9 heteroatoms. The maximum absolute atomic E-state index is 13.5. The highest BCUT2D eigenvalue weighted by atomic mass is 35.5. The zero-order valence-corrected chi connectivity index (χ0v) is 22.0. The molecule has 0 fully saturated rings. The van der Waals surface area contributed by atoms with Crippen molar-refractivity contribution in [1.82, 2.24) is 5.16 Å². The third kappa shape index (κ3) is 4.49. The molecule has 4 rings (SSSR count). The summed E-state index contributed by atoms with van der Waals surface area (Å²) in [7, 11) is 1.35. The minimum absolute atomic E-state index is 0.152. The van der Waals surface area contributed by atoms with Crippen LogP contribution >= 0.6 is 34.5 Å². The van der Waals surface area contributed by atoms with Crippen LogP contribution in [-0.4, -0.2) is 24.1 Å². The molecule has 1 atom stereocenters. The first-order chi connectivity index (χ1) is 16.0. The van der Waals surface area contributed by atoms with Crippen LogP contribution in [0.3, 0.4) is 0 Å². The van der Waals surface area contributed by atoms with Gasteiger partial charge < -0.3 is 14.6 Å². The number of ether oxygens (including phenoxy) is 1. The Morgan fingerprint density at radius 2 is 1.88 bits per heavy atom. The first kappa shape index (κ1) is 24.8. The summed E-state index contributed by atoms with van der Waals surface area (Å²) in [6.45, 7) is 8.34. The zero-order chi connectivity index (χ0) is 24.8. The predicted octanol–water partition coefficient (Wildman–Crippen LogP) is 7.21. The summed E-state index contributed by atoms with van der Waals surface area (Å²) in [6.07, 6.45) is 2.60. The van der Waals surface area contributed by atoms with Crippen LogP contribution < -0.4 is 5.32 Å². The van der Waals surface area contributed by atoms with Crippen molar-refractivity contribution in [2.24, 2.45) is 11.3 Å². The molecule has 1 aromatic carbocycles. The van der Waals surface area contributed by atoms with E-state index in [1.54, 1.807) is 25.1 Å². The molecule has 180 valence electrons. The first-order valence-corrected chi connectivity index (χ1v) is 12.5. The number of aryl methyl sites for hydroxylation is 1. The molecular weight excluding hydrogens is 495 g/mol. The number of carbonyl (C=O) groups excluding carboxylic acids is 2. The molecule has 6 nitrogen and oxygen atoms in total. The Hall–Kier alpha value is -2.35. The molecule has 1 N–H and O–H groups in total. The maximum atomic E-state index is 13.5. The SMILES string of the molecule is COC(=O)c1c(NC(=O)c2c(-c3c(Cl)cccc3Cl)noc2C)sc2c1CC[C@@H](C(C)(C)C)C2. The lowest BCUT2D eigenvalue weighted by atomic mass is 9.72. The Labute approximate surface area is 212 Å². The van der Waals surface area contributed by atoms with E-state index in [0.717, 1.165) is 29.7 Å². The van der Waals surface area contributed by atoms with Crippen LogP contribution in [0.2, 0.25) is 10.0 Å². The van der Waals surface area contributed by atoms with E-state index < -0.39 is 11.9 Å². The highest BCUT2D eigenvalue weighted by molar-refractivity contribution is 7.17. The second-order valence-electron chi connectivity index (χ2n) is 9.52. The Balaban J connectivity index is 1.74. The number of methoxy groups -OCH3 is 1. The van der Waals surface area contributed by atoms with Gasteiger partial charge in [0.05, 0.1) is 22.7 Å². The molecule has 1 amide bonds. The van der Waals surface area contributed by atoms with Gasteiger partial charge in [-0.05, 0) is 55.2 Å². The standard InChI is InChI=1S/C25H26Cl2N2O4S/c1-12-18(21(29-33-12)20-15(26)7-6-8-16(20)27)22(30)28-23-19(24(31)32-5)14-10-9-13(25(2,3)4)11-17(14)34-23/h6-8,13H,9-11H2,1-5H3,(H,28,30)/t13-/m1/s1. The number of halogens is 2. The molecule has 2 heterocycles. The fraction of sp³-hybridized carbons (Fsp3) is 0.400. The van der Waals surface area contributed by atoms with Crippen molar-refractivity contribution < 1.29 is 18.8 Å². The molecular formula is C25H26Cl2N2O4S. The fourth-order valence-corrected chi connectivity index (χ4v) is 6.32. The number of fused-ring (bicyclic) bond motifs is 1. The number of rotatable bonds is 4. The van der Waals surface area contributed by atoms with Gasteiger partial charge in [0, 0.05) is 10.4 Å². The van der Waals surface area contributed by atoms with E-state index in [4.69, 9.17) is 32.5 Å². The maximum Gasteiger partial charge on any atom is 0.341 e. The molecule has 34 heavy (non-hydrogen) atoms. The van der Waals surface area contributed by atoms with Crippen LogP contribution in [-0.2, 0) is 17.6 Å². The lowest BCUT2D eigenvalue weighted by Crippen LogP contribution is -2.26. The Morgan fingerprint density at radius 3 is 2.50 bits per heavy atom. The summed E-state index contributed by atoms with van der Waals surface area (Å²) in [4.78, 5) is 27.3. The number of nitrogens with zero attached hydrogens (tertiary/aromatic N) is 1. The third-order valence-electron chi connectivity index (χ3n) is 6.40. The molecule has 0 radical (unpaired) electrons. The van der Waals surface area contributed by atoms with E-state index in [2.05, 4.69) is 31.2 Å². The number of thiophene rings is 1. The van der Waals surface area contributed by atoms with Crippen molar-refractivity contribution in [1.29, 1.82) is 0 Å². The summed E-state index contributed by atoms with van der Waals surface area (Å²) >= 11 is 14.1. The van der Waals surface area contributed by atoms with Gasteiger partial charge in [-0.15, -0.1) is 11.3 Å². The molecule has 0 spiro atoms. The van der Waals surface area contributed by atoms with Gasteiger partial charge in [0.15, 0.2) is 0 Å². The molecule has 0 saturated heterocycles. The average molecular weight is 521 g/mol. The molecule has 0 bridgehead atoms. The lowest BCUT2D eigenvalue weighted by molar-refractivity contribution is 0.0600. The third-order valence-corrected chi connectivity index (χ3v) is 8.20. The van der Waals surface area contributed by atoms with Crippen LogP contribution in [0.15, 0.2) is 22.7 Å². The Bertz CT molecular complexity index is 1250. The summed E-state index contributed by atoms with van der Waals surface area (Å²) in [5.41, 5.74) is 2.42. The van der Waals surface area contributed by atoms with Crippen LogP contribution in [0.5, 0.6) is 0 Å². The summed E-state index contributed by atoms with van der Waals surface area (Å²) in [5, 5.41) is 8.14. The van der Waals surface area contributed by atoms with Crippen LogP contribution in [0.1, 0.15) is 64.1 Å². The molecule has 0 saturated carbocycles.